The van der Waals surface area contributed by atoms with E-state index in [0.29, 0.717) is 29.4 Å². The summed E-state index contributed by atoms with van der Waals surface area (Å²) in [5.41, 5.74) is 2.41. The maximum absolute atomic E-state index is 13.0. The van der Waals surface area contributed by atoms with Crippen LogP contribution in [0.2, 0.25) is 0 Å². The number of carbonyl (C=O) groups excluding carboxylic acids is 2. The predicted molar refractivity (Wildman–Crippen MR) is 135 cm³/mol. The van der Waals surface area contributed by atoms with Crippen LogP contribution in [0.1, 0.15) is 21.7 Å². The Bertz CT molecular complexity index is 1200. The van der Waals surface area contributed by atoms with Gasteiger partial charge in [0.2, 0.25) is 0 Å². The molecule has 0 radical (unpaired) electrons. The van der Waals surface area contributed by atoms with Gasteiger partial charge in [0.1, 0.15) is 11.5 Å². The van der Waals surface area contributed by atoms with Crippen LogP contribution in [0.4, 0.5) is 5.69 Å². The topological polar surface area (TPSA) is 102 Å². The van der Waals surface area contributed by atoms with Crippen molar-refractivity contribution in [2.75, 3.05) is 45.4 Å². The minimum Gasteiger partial charge on any atom is -0.493 e. The Labute approximate surface area is 209 Å². The van der Waals surface area contributed by atoms with E-state index in [1.165, 1.54) is 26.6 Å². The zero-order valence-electron chi connectivity index (χ0n) is 20.3. The standard InChI is InChI=1S/C27H29N3O6/c1-33-24-10-7-20(16-25(24)34-2)26(31)29-23(17-22-4-3-13-36-22)27(32)28-18-19-5-8-21(9-6-19)30-11-14-35-15-12-30/h3-10,13,16-17H,11-12,14-15,18H2,1-2H3,(H,28,32)(H,29,31)/b23-17-. The Morgan fingerprint density at radius 1 is 1.00 bits per heavy atom. The number of benzene rings is 2. The molecule has 1 aliphatic heterocycles. The molecular weight excluding hydrogens is 462 g/mol. The first-order chi connectivity index (χ1) is 17.6. The second-order valence-corrected chi connectivity index (χ2v) is 8.05. The normalized spacial score (nSPS) is 13.7. The summed E-state index contributed by atoms with van der Waals surface area (Å²) >= 11 is 0. The Balaban J connectivity index is 1.44. The summed E-state index contributed by atoms with van der Waals surface area (Å²) < 4.78 is 21.2. The van der Waals surface area contributed by atoms with E-state index in [9.17, 15) is 9.59 Å². The summed E-state index contributed by atoms with van der Waals surface area (Å²) in [7, 11) is 3.00. The maximum atomic E-state index is 13.0. The van der Waals surface area contributed by atoms with Gasteiger partial charge in [0.25, 0.3) is 11.8 Å². The van der Waals surface area contributed by atoms with Crippen LogP contribution in [0.25, 0.3) is 6.08 Å². The van der Waals surface area contributed by atoms with Gasteiger partial charge >= 0.3 is 0 Å². The first kappa shape index (κ1) is 24.9. The molecule has 1 fully saturated rings. The quantitative estimate of drug-likeness (QED) is 0.443. The van der Waals surface area contributed by atoms with E-state index in [1.807, 2.05) is 24.3 Å². The van der Waals surface area contributed by atoms with E-state index in [-0.39, 0.29) is 5.70 Å². The van der Waals surface area contributed by atoms with Crippen molar-refractivity contribution in [2.45, 2.75) is 6.54 Å². The lowest BCUT2D eigenvalue weighted by molar-refractivity contribution is -0.117. The molecule has 0 aliphatic carbocycles. The molecule has 1 aromatic heterocycles. The first-order valence-electron chi connectivity index (χ1n) is 11.6. The van der Waals surface area contributed by atoms with Gasteiger partial charge in [-0.05, 0) is 48.0 Å². The number of ether oxygens (including phenoxy) is 3. The highest BCUT2D eigenvalue weighted by molar-refractivity contribution is 6.05. The summed E-state index contributed by atoms with van der Waals surface area (Å²) in [6.07, 6.45) is 2.98. The molecule has 9 heteroatoms. The number of methoxy groups -OCH3 is 2. The summed E-state index contributed by atoms with van der Waals surface area (Å²) in [6, 6.07) is 16.2. The fourth-order valence-electron chi connectivity index (χ4n) is 3.77. The van der Waals surface area contributed by atoms with Gasteiger partial charge in [-0.15, -0.1) is 0 Å². The Hall–Kier alpha value is -4.24. The van der Waals surface area contributed by atoms with Crippen molar-refractivity contribution in [2.24, 2.45) is 0 Å². The van der Waals surface area contributed by atoms with Crippen molar-refractivity contribution in [1.82, 2.24) is 10.6 Å². The second-order valence-electron chi connectivity index (χ2n) is 8.05. The number of anilines is 1. The molecular formula is C27H29N3O6. The van der Waals surface area contributed by atoms with Crippen LogP contribution in [-0.2, 0) is 16.1 Å². The van der Waals surface area contributed by atoms with Crippen LogP contribution in [0.5, 0.6) is 11.5 Å². The third-order valence-corrected chi connectivity index (χ3v) is 5.73. The first-order valence-corrected chi connectivity index (χ1v) is 11.6. The van der Waals surface area contributed by atoms with Crippen LogP contribution in [0, 0.1) is 0 Å². The van der Waals surface area contributed by atoms with Crippen LogP contribution in [0.3, 0.4) is 0 Å². The number of hydrogen-bond donors (Lipinski definition) is 2. The van der Waals surface area contributed by atoms with E-state index < -0.39 is 11.8 Å². The number of morpholine rings is 1. The molecule has 0 bridgehead atoms. The lowest BCUT2D eigenvalue weighted by Gasteiger charge is -2.28. The summed E-state index contributed by atoms with van der Waals surface area (Å²) in [6.45, 7) is 3.45. The largest absolute Gasteiger partial charge is 0.493 e. The predicted octanol–water partition coefficient (Wildman–Crippen LogP) is 3.22. The van der Waals surface area contributed by atoms with Crippen molar-refractivity contribution in [3.8, 4) is 11.5 Å². The van der Waals surface area contributed by atoms with E-state index >= 15 is 0 Å². The van der Waals surface area contributed by atoms with Gasteiger partial charge < -0.3 is 34.2 Å². The van der Waals surface area contributed by atoms with Crippen molar-refractivity contribution < 1.29 is 28.2 Å². The van der Waals surface area contributed by atoms with Crippen LogP contribution >= 0.6 is 0 Å². The molecule has 0 atom stereocenters. The number of amides is 2. The number of rotatable bonds is 9. The third kappa shape index (κ3) is 6.25. The zero-order chi connectivity index (χ0) is 25.3. The van der Waals surface area contributed by atoms with Gasteiger partial charge in [-0.2, -0.15) is 0 Å². The van der Waals surface area contributed by atoms with E-state index in [1.54, 1.807) is 30.3 Å². The van der Waals surface area contributed by atoms with Crippen molar-refractivity contribution in [1.29, 1.82) is 0 Å². The van der Waals surface area contributed by atoms with Crippen molar-refractivity contribution >= 4 is 23.6 Å². The Morgan fingerprint density at radius 2 is 1.75 bits per heavy atom. The number of carbonyl (C=O) groups is 2. The third-order valence-electron chi connectivity index (χ3n) is 5.73. The maximum Gasteiger partial charge on any atom is 0.268 e. The van der Waals surface area contributed by atoms with Crippen LogP contribution in [0.15, 0.2) is 71.0 Å². The van der Waals surface area contributed by atoms with Crippen molar-refractivity contribution in [3.63, 3.8) is 0 Å². The fraction of sp³-hybridized carbons (Fsp3) is 0.259. The summed E-state index contributed by atoms with van der Waals surface area (Å²) in [5.74, 6) is 0.420. The molecule has 1 aliphatic rings. The van der Waals surface area contributed by atoms with Crippen LogP contribution in [-0.4, -0.2) is 52.3 Å². The molecule has 1 saturated heterocycles. The highest BCUT2D eigenvalue weighted by Crippen LogP contribution is 2.27. The van der Waals surface area contributed by atoms with Gasteiger partial charge in [-0.1, -0.05) is 12.1 Å². The minimum atomic E-state index is -0.473. The monoisotopic (exact) mass is 491 g/mol. The smallest absolute Gasteiger partial charge is 0.268 e. The Morgan fingerprint density at radius 3 is 2.42 bits per heavy atom. The Kier molecular flexibility index (Phi) is 8.25. The summed E-state index contributed by atoms with van der Waals surface area (Å²) in [5, 5.41) is 5.55. The van der Waals surface area contributed by atoms with Gasteiger partial charge in [0.15, 0.2) is 11.5 Å². The van der Waals surface area contributed by atoms with Gasteiger partial charge in [0.05, 0.1) is 33.7 Å². The van der Waals surface area contributed by atoms with Crippen LogP contribution < -0.4 is 25.0 Å². The minimum absolute atomic E-state index is 0.0506. The highest BCUT2D eigenvalue weighted by atomic mass is 16.5. The molecule has 36 heavy (non-hydrogen) atoms. The van der Waals surface area contributed by atoms with E-state index in [0.717, 1.165) is 37.6 Å². The average molecular weight is 492 g/mol. The number of hydrogen-bond acceptors (Lipinski definition) is 7. The fourth-order valence-corrected chi connectivity index (χ4v) is 3.77. The highest BCUT2D eigenvalue weighted by Gasteiger charge is 2.17. The van der Waals surface area contributed by atoms with E-state index in [4.69, 9.17) is 18.6 Å². The molecule has 2 heterocycles. The average Bonchev–Trinajstić information content (AvgIpc) is 3.45. The lowest BCUT2D eigenvalue weighted by Crippen LogP contribution is -2.36. The molecule has 2 N–H and O–H groups in total. The molecule has 0 spiro atoms. The van der Waals surface area contributed by atoms with Gasteiger partial charge in [-0.3, -0.25) is 9.59 Å². The van der Waals surface area contributed by atoms with Gasteiger partial charge in [-0.25, -0.2) is 0 Å². The van der Waals surface area contributed by atoms with E-state index in [2.05, 4.69) is 15.5 Å². The molecule has 4 rings (SSSR count). The molecule has 0 saturated carbocycles. The second kappa shape index (κ2) is 11.9. The molecule has 2 aromatic carbocycles. The van der Waals surface area contributed by atoms with Crippen molar-refractivity contribution in [3.05, 3.63) is 83.4 Å². The summed E-state index contributed by atoms with van der Waals surface area (Å²) in [4.78, 5) is 28.3. The number of nitrogens with zero attached hydrogens (tertiary/aromatic N) is 1. The number of furan rings is 1. The molecule has 2 amide bonds. The molecule has 3 aromatic rings. The molecule has 9 nitrogen and oxygen atoms in total. The zero-order valence-corrected chi connectivity index (χ0v) is 20.3. The molecule has 0 unspecified atom stereocenters. The van der Waals surface area contributed by atoms with Gasteiger partial charge in [0, 0.05) is 37.0 Å². The number of nitrogens with one attached hydrogen (secondary N) is 2. The SMILES string of the molecule is COc1ccc(C(=O)N/C(=C\c2ccco2)C(=O)NCc2ccc(N3CCOCC3)cc2)cc1OC. The lowest BCUT2D eigenvalue weighted by atomic mass is 10.1. The molecule has 188 valence electrons.